The molecule has 0 spiro atoms. The summed E-state index contributed by atoms with van der Waals surface area (Å²) in [5, 5.41) is 0. The fraction of sp³-hybridized carbons (Fsp3) is 0.451. The van der Waals surface area contributed by atoms with Gasteiger partial charge in [0.15, 0.2) is 0 Å². The van der Waals surface area contributed by atoms with Crippen LogP contribution in [-0.4, -0.2) is 12.5 Å². The molecule has 0 bridgehead atoms. The van der Waals surface area contributed by atoms with Crippen molar-refractivity contribution in [2.45, 2.75) is 139 Å². The molecule has 6 rings (SSSR count). The van der Waals surface area contributed by atoms with E-state index in [0.29, 0.717) is 7.25 Å². The van der Waals surface area contributed by atoms with Crippen LogP contribution >= 0.6 is 0 Å². The number of benzene rings is 4. The van der Waals surface area contributed by atoms with Crippen molar-refractivity contribution in [3.05, 3.63) is 122 Å². The van der Waals surface area contributed by atoms with E-state index < -0.39 is 25.8 Å². The van der Waals surface area contributed by atoms with Gasteiger partial charge >= 0.3 is 339 Å². The van der Waals surface area contributed by atoms with Crippen molar-refractivity contribution in [1.29, 1.82) is 0 Å². The minimum Gasteiger partial charge on any atom is -1.00 e. The Balaban J connectivity index is 0.00000348. The first-order chi connectivity index (χ1) is 24.9. The second-order valence-electron chi connectivity index (χ2n) is 20.6. The summed E-state index contributed by atoms with van der Waals surface area (Å²) in [5.41, 5.74) is 19.6. The molecule has 0 saturated carbocycles. The molecule has 4 aromatic carbocycles. The normalized spacial score (nSPS) is 16.4. The van der Waals surface area contributed by atoms with Crippen molar-refractivity contribution in [2.24, 2.45) is 0 Å². The van der Waals surface area contributed by atoms with Crippen molar-refractivity contribution in [3.63, 3.8) is 0 Å². The number of allylic oxidation sites excluding steroid dienone is 2. The van der Waals surface area contributed by atoms with Gasteiger partial charge < -0.3 is 24.8 Å². The Morgan fingerprint density at radius 2 is 1.02 bits per heavy atom. The number of fused-ring (bicyclic) bond motifs is 2. The molecule has 0 saturated heterocycles. The van der Waals surface area contributed by atoms with Crippen LogP contribution in [-0.2, 0) is 42.0 Å². The molecular weight excluding hydrogens is 819 g/mol. The van der Waals surface area contributed by atoms with Crippen molar-refractivity contribution < 1.29 is 49.9 Å². The second kappa shape index (κ2) is 16.5. The third kappa shape index (κ3) is 8.74. The Labute approximate surface area is 361 Å². The summed E-state index contributed by atoms with van der Waals surface area (Å²) in [5.74, 6) is 1.04. The Kier molecular flexibility index (Phi) is 13.7. The van der Waals surface area contributed by atoms with Gasteiger partial charge in [0.1, 0.15) is 0 Å². The third-order valence-electron chi connectivity index (χ3n) is 12.0. The minimum atomic E-state index is -2.40. The van der Waals surface area contributed by atoms with Crippen molar-refractivity contribution >= 4 is 17.6 Å². The molecule has 4 aromatic rings. The van der Waals surface area contributed by atoms with E-state index in [-0.39, 0.29) is 46.5 Å². The molecule has 5 heteroatoms. The average Bonchev–Trinajstić information content (AvgIpc) is 3.57. The Hall–Kier alpha value is -2.16. The van der Waals surface area contributed by atoms with Crippen LogP contribution in [0.3, 0.4) is 0 Å². The van der Waals surface area contributed by atoms with Gasteiger partial charge in [0.05, 0.1) is 0 Å². The van der Waals surface area contributed by atoms with Gasteiger partial charge in [-0.1, -0.05) is 0 Å². The Bertz CT molecular complexity index is 2200. The van der Waals surface area contributed by atoms with E-state index in [2.05, 4.69) is 189 Å². The molecule has 56 heavy (non-hydrogen) atoms. The standard InChI is InChI=1S/C28H37.C21H23O.C2H6Si.2ClH.Zr/c1-18-11-19-13-23(28(8,9)10)17-25(24(19)12-18)20-14-21(26(2,3)4)16-22(15-20)27(5,6)7;1-14-11-16-13-18(21(2,3)4)20(22-5)19(17(16)12-14)15-9-7-6-8-10-15;1-3-2;;;/h11-17H,1-10H3;6-13H,1-5H3;1-2H3;2*1H;/q;;;;;+2/p-2. The summed E-state index contributed by atoms with van der Waals surface area (Å²) in [6, 6.07) is 26.3. The number of rotatable bonds is 5. The molecule has 298 valence electrons. The van der Waals surface area contributed by atoms with Gasteiger partial charge in [0.2, 0.25) is 0 Å². The molecule has 0 N–H and O–H groups in total. The Morgan fingerprint density at radius 1 is 0.554 bits per heavy atom. The van der Waals surface area contributed by atoms with Gasteiger partial charge in [0.25, 0.3) is 0 Å². The fourth-order valence-electron chi connectivity index (χ4n) is 8.83. The largest absolute Gasteiger partial charge is 1.00 e. The number of ether oxygens (including phenoxy) is 1. The zero-order valence-electron chi connectivity index (χ0n) is 37.3. The molecule has 1 nitrogen and oxygen atoms in total. The van der Waals surface area contributed by atoms with Crippen LogP contribution in [0.2, 0.25) is 13.1 Å². The molecular formula is C51H66Cl2OSiZr. The monoisotopic (exact) mass is 882 g/mol. The summed E-state index contributed by atoms with van der Waals surface area (Å²) in [7, 11) is 1.86. The molecule has 0 amide bonds. The van der Waals surface area contributed by atoms with Gasteiger partial charge in [-0.05, 0) is 0 Å². The van der Waals surface area contributed by atoms with Crippen LogP contribution < -0.4 is 29.6 Å². The van der Waals surface area contributed by atoms with E-state index in [1.807, 2.05) is 7.11 Å². The van der Waals surface area contributed by atoms with Crippen LogP contribution in [0.25, 0.3) is 34.4 Å². The van der Waals surface area contributed by atoms with E-state index in [1.54, 1.807) is 22.3 Å². The first-order valence-corrected chi connectivity index (χ1v) is 29.1. The molecule has 2 unspecified atom stereocenters. The number of methoxy groups -OCH3 is 1. The van der Waals surface area contributed by atoms with Crippen LogP contribution in [0.15, 0.2) is 77.9 Å². The van der Waals surface area contributed by atoms with Crippen molar-refractivity contribution in [3.8, 4) is 28.0 Å². The summed E-state index contributed by atoms with van der Waals surface area (Å²) < 4.78 is 7.44. The van der Waals surface area contributed by atoms with Gasteiger partial charge in [0, 0.05) is 0 Å². The van der Waals surface area contributed by atoms with E-state index in [4.69, 9.17) is 4.74 Å². The topological polar surface area (TPSA) is 9.23 Å². The third-order valence-corrected chi connectivity index (χ3v) is 31.9. The van der Waals surface area contributed by atoms with Crippen molar-refractivity contribution in [2.75, 3.05) is 7.11 Å². The SMILES string of the molecule is COc1c(C(C)(C)C)cc2c(c1-c1ccccc1)C=C(C)[CH]2[Zr+2]([CH]1C(C)=Cc2c(-c3cc(C(C)(C)C)cc(C(C)(C)C)c3)cc(C(C)(C)C)cc21)=[Si](C)C.[Cl-].[Cl-]. The summed E-state index contributed by atoms with van der Waals surface area (Å²) >= 11 is -2.40. The molecule has 0 radical (unpaired) electrons. The number of hydrogen-bond acceptors (Lipinski definition) is 1. The quantitative estimate of drug-likeness (QED) is 0.183. The van der Waals surface area contributed by atoms with Gasteiger partial charge in [-0.25, -0.2) is 0 Å². The average molecular weight is 885 g/mol. The Morgan fingerprint density at radius 3 is 1.46 bits per heavy atom. The van der Waals surface area contributed by atoms with Gasteiger partial charge in [-0.2, -0.15) is 0 Å². The van der Waals surface area contributed by atoms with E-state index in [0.717, 1.165) is 5.75 Å². The summed E-state index contributed by atoms with van der Waals surface area (Å²) in [4.78, 5) is 0. The van der Waals surface area contributed by atoms with E-state index in [9.17, 15) is 0 Å². The maximum Gasteiger partial charge on any atom is -1.00 e. The van der Waals surface area contributed by atoms with Crippen molar-refractivity contribution in [1.82, 2.24) is 0 Å². The molecule has 2 aliphatic carbocycles. The predicted octanol–water partition coefficient (Wildman–Crippen LogP) is 8.71. The fourth-order valence-corrected chi connectivity index (χ4v) is 29.5. The first-order valence-electron chi connectivity index (χ1n) is 20.1. The van der Waals surface area contributed by atoms with Gasteiger partial charge in [-0.3, -0.25) is 0 Å². The van der Waals surface area contributed by atoms with Crippen LogP contribution in [0, 0.1) is 0 Å². The number of hydrogen-bond donors (Lipinski definition) is 0. The zero-order valence-corrected chi connectivity index (χ0v) is 42.3. The molecule has 0 aliphatic heterocycles. The molecule has 0 fully saturated rings. The first kappa shape index (κ1) is 46.5. The predicted molar refractivity (Wildman–Crippen MR) is 235 cm³/mol. The second-order valence-corrected chi connectivity index (χ2v) is 38.5. The minimum absolute atomic E-state index is 0. The smallest absolute Gasteiger partial charge is 1.00 e. The number of halogens is 2. The maximum atomic E-state index is 6.37. The summed E-state index contributed by atoms with van der Waals surface area (Å²) in [6.07, 6.45) is 5.17. The van der Waals surface area contributed by atoms with E-state index >= 15 is 0 Å². The maximum absolute atomic E-state index is 6.37. The van der Waals surface area contributed by atoms with Crippen LogP contribution in [0.5, 0.6) is 5.75 Å². The van der Waals surface area contributed by atoms with E-state index in [1.165, 1.54) is 55.6 Å². The van der Waals surface area contributed by atoms with Crippen LogP contribution in [0.4, 0.5) is 0 Å². The molecule has 2 atom stereocenters. The molecule has 2 aliphatic rings. The van der Waals surface area contributed by atoms with Crippen LogP contribution in [0.1, 0.15) is 149 Å². The zero-order chi connectivity index (χ0) is 39.9. The molecule has 0 aromatic heterocycles. The van der Waals surface area contributed by atoms with Gasteiger partial charge in [-0.15, -0.1) is 0 Å². The summed E-state index contributed by atoms with van der Waals surface area (Å²) in [6.45, 7) is 38.6. The molecule has 0 heterocycles.